The molecule has 0 amide bonds. The third-order valence-corrected chi connectivity index (χ3v) is 0. The van der Waals surface area contributed by atoms with Gasteiger partial charge in [0.1, 0.15) is 0 Å². The minimum atomic E-state index is -5.29. The van der Waals surface area contributed by atoms with Crippen molar-refractivity contribution in [1.82, 2.24) is 0 Å². The molecule has 0 saturated heterocycles. The van der Waals surface area contributed by atoms with E-state index in [4.69, 9.17) is 56.5 Å². The van der Waals surface area contributed by atoms with Crippen LogP contribution in [0.15, 0.2) is 0 Å². The van der Waals surface area contributed by atoms with Crippen LogP contribution in [0.1, 0.15) is 0 Å². The van der Waals surface area contributed by atoms with E-state index in [-0.39, 0.29) is 0 Å². The summed E-state index contributed by atoms with van der Waals surface area (Å²) in [5, 5.41) is 0. The molecule has 54 valence electrons. The third kappa shape index (κ3) is 59.1. The fourth-order valence-corrected chi connectivity index (χ4v) is 0. The Bertz CT molecular complexity index is 62.7. The van der Waals surface area contributed by atoms with Crippen molar-refractivity contribution in [3.8, 4) is 0 Å². The first-order valence-corrected chi connectivity index (χ1v) is 17.6. The van der Waals surface area contributed by atoms with Crippen LogP contribution in [0.4, 0.5) is 0 Å². The number of hydrogen-bond donors (Lipinski definition) is 0. The van der Waals surface area contributed by atoms with Crippen LogP contribution < -0.4 is 0 Å². The van der Waals surface area contributed by atoms with Crippen molar-refractivity contribution < 1.29 is 7.31 Å². The molecule has 7 heteroatoms. The molecule has 0 nitrogen and oxygen atoms in total. The van der Waals surface area contributed by atoms with E-state index in [1.807, 2.05) is 0 Å². The van der Waals surface area contributed by atoms with E-state index in [2.05, 4.69) is 0 Å². The maximum absolute atomic E-state index is 5.29. The van der Waals surface area contributed by atoms with Crippen LogP contribution in [0.25, 0.3) is 0 Å². The average Bonchev–Trinajstić information content (AvgIpc) is 0.592. The van der Waals surface area contributed by atoms with Crippen LogP contribution in [0.3, 0.4) is 0 Å². The second kappa shape index (κ2) is 1.53. The van der Waals surface area contributed by atoms with Crippen LogP contribution in [-0.4, -0.2) is 0 Å². The molecular formula is Cl6Pt-2. The molecule has 7 heavy (non-hydrogen) atoms. The van der Waals surface area contributed by atoms with Gasteiger partial charge in [0.2, 0.25) is 0 Å². The van der Waals surface area contributed by atoms with E-state index < -0.39 is 7.31 Å². The standard InChI is InChI=1S/6ClH.Pt/h6*1H;/q;;;;;;+4/p-6. The van der Waals surface area contributed by atoms with Gasteiger partial charge >= 0.3 is 63.8 Å². The average molecular weight is 408 g/mol. The first kappa shape index (κ1) is 9.43. The summed E-state index contributed by atoms with van der Waals surface area (Å²) in [6.45, 7) is 0. The van der Waals surface area contributed by atoms with Crippen LogP contribution >= 0.6 is 56.5 Å². The van der Waals surface area contributed by atoms with E-state index >= 15 is 0 Å². The number of halogens is 6. The van der Waals surface area contributed by atoms with Crippen LogP contribution in [0.5, 0.6) is 0 Å². The molecule has 0 spiro atoms. The van der Waals surface area contributed by atoms with Gasteiger partial charge in [0.05, 0.1) is 0 Å². The van der Waals surface area contributed by atoms with Crippen LogP contribution in [0, 0.1) is 0 Å². The molecule has 0 heterocycles. The van der Waals surface area contributed by atoms with Gasteiger partial charge < -0.3 is 0 Å². The summed E-state index contributed by atoms with van der Waals surface area (Å²) in [5.41, 5.74) is 0. The van der Waals surface area contributed by atoms with Gasteiger partial charge in [0.25, 0.3) is 0 Å². The fourth-order valence-electron chi connectivity index (χ4n) is 0. The summed E-state index contributed by atoms with van der Waals surface area (Å²) in [6, 6.07) is 0. The molecule has 0 unspecified atom stereocenters. The molecule has 0 rings (SSSR count). The van der Waals surface area contributed by atoms with E-state index in [9.17, 15) is 0 Å². The molecule has 0 aliphatic rings. The zero-order valence-corrected chi connectivity index (χ0v) is 9.39. The van der Waals surface area contributed by atoms with Gasteiger partial charge in [0, 0.05) is 0 Å². The summed E-state index contributed by atoms with van der Waals surface area (Å²) in [4.78, 5) is 0. The first-order valence-electron chi connectivity index (χ1n) is 0.717. The van der Waals surface area contributed by atoms with Gasteiger partial charge in [-0.25, -0.2) is 0 Å². The van der Waals surface area contributed by atoms with E-state index in [1.54, 1.807) is 0 Å². The molecule has 0 radical (unpaired) electrons. The minimum absolute atomic E-state index is 5.05. The monoisotopic (exact) mass is 405 g/mol. The Labute approximate surface area is 63.0 Å². The van der Waals surface area contributed by atoms with Crippen molar-refractivity contribution in [2.45, 2.75) is 0 Å². The molecule has 0 aromatic rings. The Morgan fingerprint density at radius 2 is 0.571 bits per heavy atom. The second-order valence-electron chi connectivity index (χ2n) is 0.678. The van der Waals surface area contributed by atoms with Crippen molar-refractivity contribution in [3.05, 3.63) is 0 Å². The topological polar surface area (TPSA) is 0 Å². The number of rotatable bonds is 0. The summed E-state index contributed by atoms with van der Waals surface area (Å²) in [6.07, 6.45) is 0. The Balaban J connectivity index is 4.43. The molecule has 0 atom stereocenters. The summed E-state index contributed by atoms with van der Waals surface area (Å²) in [7, 11) is 25.0. The SMILES string of the molecule is [Cl][Pt-2]([Cl])([Cl])([Cl])([Cl])[Cl]. The summed E-state index contributed by atoms with van der Waals surface area (Å²) < 4.78 is 0. The molecule has 0 aliphatic carbocycles. The molecule has 0 N–H and O–H groups in total. The zero-order chi connectivity index (χ0) is 6.41. The van der Waals surface area contributed by atoms with E-state index in [0.717, 1.165) is 0 Å². The van der Waals surface area contributed by atoms with Gasteiger partial charge in [-0.3, -0.25) is 0 Å². The molecule has 0 bridgehead atoms. The summed E-state index contributed by atoms with van der Waals surface area (Å²) >= 11 is 0. The molecule has 0 fully saturated rings. The third-order valence-electron chi connectivity index (χ3n) is 0. The quantitative estimate of drug-likeness (QED) is 0.566. The van der Waals surface area contributed by atoms with Gasteiger partial charge in [-0.15, -0.1) is 0 Å². The van der Waals surface area contributed by atoms with E-state index in [0.29, 0.717) is 0 Å². The Kier molecular flexibility index (Phi) is 2.06. The first-order chi connectivity index (χ1) is 2.45. The molecular weight excluding hydrogens is 408 g/mol. The fraction of sp³-hybridized carbons (Fsp3) is 0. The molecule has 0 aromatic heterocycles. The van der Waals surface area contributed by atoms with Gasteiger partial charge in [-0.2, -0.15) is 0 Å². The molecule has 0 aliphatic heterocycles. The Morgan fingerprint density at radius 1 is 0.571 bits per heavy atom. The van der Waals surface area contributed by atoms with Gasteiger partial charge in [-0.05, 0) is 0 Å². The number of hydrogen-bond acceptors (Lipinski definition) is 0. The van der Waals surface area contributed by atoms with Crippen molar-refractivity contribution in [2.75, 3.05) is 0 Å². The maximum atomic E-state index is 5.05. The van der Waals surface area contributed by atoms with Gasteiger partial charge in [0.15, 0.2) is 0 Å². The second-order valence-corrected chi connectivity index (χ2v) is 49.9. The molecule has 0 aromatic carbocycles. The summed E-state index contributed by atoms with van der Waals surface area (Å²) in [5.74, 6) is 0. The van der Waals surface area contributed by atoms with Crippen LogP contribution in [0.2, 0.25) is 0 Å². The van der Waals surface area contributed by atoms with Crippen molar-refractivity contribution in [3.63, 3.8) is 0 Å². The zero-order valence-electron chi connectivity index (χ0n) is 2.58. The van der Waals surface area contributed by atoms with Crippen molar-refractivity contribution >= 4 is 56.5 Å². The predicted octanol–water partition coefficient (Wildman–Crippen LogP) is 4.13. The van der Waals surface area contributed by atoms with Gasteiger partial charge in [-0.1, -0.05) is 0 Å². The van der Waals surface area contributed by atoms with Crippen LogP contribution in [-0.2, 0) is 7.31 Å². The Morgan fingerprint density at radius 3 is 0.571 bits per heavy atom. The molecule has 0 saturated carbocycles. The predicted molar refractivity (Wildman–Crippen MR) is 35.1 cm³/mol. The van der Waals surface area contributed by atoms with E-state index in [1.165, 1.54) is 0 Å². The van der Waals surface area contributed by atoms with Crippen molar-refractivity contribution in [1.29, 1.82) is 0 Å². The normalized spacial score (nSPS) is 23.1. The Hall–Kier alpha value is 2.43. The van der Waals surface area contributed by atoms with Crippen molar-refractivity contribution in [2.24, 2.45) is 0 Å².